The Labute approximate surface area is 150 Å². The lowest BCUT2D eigenvalue weighted by atomic mass is 10.0. The minimum absolute atomic E-state index is 0.0255. The van der Waals surface area contributed by atoms with E-state index in [2.05, 4.69) is 10.1 Å². The van der Waals surface area contributed by atoms with Crippen molar-refractivity contribution in [1.82, 2.24) is 10.1 Å². The molecule has 0 aliphatic carbocycles. The van der Waals surface area contributed by atoms with E-state index in [1.54, 1.807) is 30.6 Å². The summed E-state index contributed by atoms with van der Waals surface area (Å²) in [6, 6.07) is 5.32. The molecule has 0 amide bonds. The highest BCUT2D eigenvalue weighted by Crippen LogP contribution is 2.37. The van der Waals surface area contributed by atoms with Crippen LogP contribution in [0.5, 0.6) is 0 Å². The average molecular weight is 357 g/mol. The normalized spacial score (nSPS) is 20.7. The molecule has 7 heteroatoms. The van der Waals surface area contributed by atoms with Gasteiger partial charge in [0.05, 0.1) is 29.9 Å². The molecule has 0 bridgehead atoms. The maximum absolute atomic E-state index is 15.3. The Balaban J connectivity index is 1.86. The number of hydrogen-bond acceptors (Lipinski definition) is 6. The van der Waals surface area contributed by atoms with Gasteiger partial charge in [0.25, 0.3) is 0 Å². The van der Waals surface area contributed by atoms with Gasteiger partial charge in [-0.05, 0) is 32.0 Å². The molecule has 0 radical (unpaired) electrons. The molecule has 1 aliphatic rings. The highest BCUT2D eigenvalue weighted by atomic mass is 19.1. The standard InChI is InChI=1S/C19H20FN3O3/c1-11-8-23(9-12(2)25-11)18-14(10-24)7-15-17(13-3-5-21-6-4-13)22-26-19(15)16(18)20/h3-7,11-12,24H,8-10H2,1-2H3/t11-,12+. The van der Waals surface area contributed by atoms with Crippen LogP contribution in [0.4, 0.5) is 10.1 Å². The summed E-state index contributed by atoms with van der Waals surface area (Å²) < 4.78 is 26.4. The monoisotopic (exact) mass is 357 g/mol. The van der Waals surface area contributed by atoms with Crippen LogP contribution in [0, 0.1) is 5.82 Å². The van der Waals surface area contributed by atoms with E-state index in [-0.39, 0.29) is 24.4 Å². The lowest BCUT2D eigenvalue weighted by Gasteiger charge is -2.37. The van der Waals surface area contributed by atoms with Crippen molar-refractivity contribution in [3.8, 4) is 11.3 Å². The first-order valence-corrected chi connectivity index (χ1v) is 8.61. The molecule has 1 aliphatic heterocycles. The molecule has 3 aromatic rings. The van der Waals surface area contributed by atoms with Gasteiger partial charge in [0.15, 0.2) is 5.82 Å². The van der Waals surface area contributed by atoms with Crippen LogP contribution in [0.3, 0.4) is 0 Å². The fourth-order valence-electron chi connectivity index (χ4n) is 3.62. The van der Waals surface area contributed by atoms with E-state index in [1.165, 1.54) is 0 Å². The number of pyridine rings is 1. The van der Waals surface area contributed by atoms with Gasteiger partial charge in [-0.25, -0.2) is 4.39 Å². The zero-order chi connectivity index (χ0) is 18.3. The molecule has 0 saturated carbocycles. The van der Waals surface area contributed by atoms with E-state index >= 15 is 4.39 Å². The number of aliphatic hydroxyl groups is 1. The zero-order valence-corrected chi connectivity index (χ0v) is 14.6. The van der Waals surface area contributed by atoms with Crippen LogP contribution in [-0.2, 0) is 11.3 Å². The van der Waals surface area contributed by atoms with E-state index in [4.69, 9.17) is 9.26 Å². The van der Waals surface area contributed by atoms with Crippen molar-refractivity contribution in [3.05, 3.63) is 42.0 Å². The van der Waals surface area contributed by atoms with Crippen molar-refractivity contribution in [2.75, 3.05) is 18.0 Å². The van der Waals surface area contributed by atoms with Crippen molar-refractivity contribution < 1.29 is 18.8 Å². The minimum Gasteiger partial charge on any atom is -0.392 e. The predicted molar refractivity (Wildman–Crippen MR) is 95.3 cm³/mol. The summed E-state index contributed by atoms with van der Waals surface area (Å²) in [7, 11) is 0. The largest absolute Gasteiger partial charge is 0.392 e. The summed E-state index contributed by atoms with van der Waals surface area (Å²) in [6.45, 7) is 4.72. The van der Waals surface area contributed by atoms with Gasteiger partial charge < -0.3 is 19.3 Å². The maximum atomic E-state index is 15.3. The summed E-state index contributed by atoms with van der Waals surface area (Å²) in [5.41, 5.74) is 2.28. The third-order valence-electron chi connectivity index (χ3n) is 4.62. The Morgan fingerprint density at radius 1 is 1.23 bits per heavy atom. The van der Waals surface area contributed by atoms with Crippen LogP contribution < -0.4 is 4.90 Å². The number of halogens is 1. The van der Waals surface area contributed by atoms with Crippen LogP contribution in [0.25, 0.3) is 22.2 Å². The van der Waals surface area contributed by atoms with Crippen LogP contribution >= 0.6 is 0 Å². The Morgan fingerprint density at radius 3 is 2.58 bits per heavy atom. The van der Waals surface area contributed by atoms with Gasteiger partial charge in [-0.3, -0.25) is 4.98 Å². The molecule has 136 valence electrons. The Morgan fingerprint density at radius 2 is 1.92 bits per heavy atom. The molecule has 1 saturated heterocycles. The fraction of sp³-hybridized carbons (Fsp3) is 0.368. The molecule has 2 atom stereocenters. The second-order valence-electron chi connectivity index (χ2n) is 6.66. The molecule has 1 fully saturated rings. The number of rotatable bonds is 3. The SMILES string of the molecule is C[C@@H]1CN(c2c(CO)cc3c(-c4ccncc4)noc3c2F)C[C@H](C)O1. The summed E-state index contributed by atoms with van der Waals surface area (Å²) in [6.07, 6.45) is 3.23. The van der Waals surface area contributed by atoms with Gasteiger partial charge >= 0.3 is 0 Å². The first-order chi connectivity index (χ1) is 12.6. The van der Waals surface area contributed by atoms with E-state index in [0.29, 0.717) is 35.4 Å². The molecule has 2 aromatic heterocycles. The van der Waals surface area contributed by atoms with Crippen molar-refractivity contribution in [3.63, 3.8) is 0 Å². The number of benzene rings is 1. The average Bonchev–Trinajstić information content (AvgIpc) is 3.05. The molecule has 4 rings (SSSR count). The molecule has 0 unspecified atom stereocenters. The number of fused-ring (bicyclic) bond motifs is 1. The lowest BCUT2D eigenvalue weighted by molar-refractivity contribution is -0.00549. The molecule has 3 heterocycles. The number of ether oxygens (including phenoxy) is 1. The van der Waals surface area contributed by atoms with Gasteiger partial charge in [0, 0.05) is 36.6 Å². The second kappa shape index (κ2) is 6.66. The van der Waals surface area contributed by atoms with E-state index in [1.807, 2.05) is 18.7 Å². The van der Waals surface area contributed by atoms with Gasteiger partial charge in [-0.1, -0.05) is 5.16 Å². The Bertz CT molecular complexity index is 919. The maximum Gasteiger partial charge on any atom is 0.205 e. The Hall–Kier alpha value is -2.51. The quantitative estimate of drug-likeness (QED) is 0.776. The third-order valence-corrected chi connectivity index (χ3v) is 4.62. The number of nitrogens with zero attached hydrogens (tertiary/aromatic N) is 3. The van der Waals surface area contributed by atoms with Crippen LogP contribution in [0.2, 0.25) is 0 Å². The molecule has 1 N–H and O–H groups in total. The summed E-state index contributed by atoms with van der Waals surface area (Å²) in [4.78, 5) is 5.90. The fourth-order valence-corrected chi connectivity index (χ4v) is 3.62. The van der Waals surface area contributed by atoms with Crippen LogP contribution in [0.15, 0.2) is 35.1 Å². The highest BCUT2D eigenvalue weighted by Gasteiger charge is 2.29. The number of hydrogen-bond donors (Lipinski definition) is 1. The summed E-state index contributed by atoms with van der Waals surface area (Å²) >= 11 is 0. The number of aliphatic hydroxyl groups excluding tert-OH is 1. The lowest BCUT2D eigenvalue weighted by Crippen LogP contribution is -2.46. The first kappa shape index (κ1) is 16.9. The third kappa shape index (κ3) is 2.83. The first-order valence-electron chi connectivity index (χ1n) is 8.61. The zero-order valence-electron chi connectivity index (χ0n) is 14.6. The molecular weight excluding hydrogens is 337 g/mol. The van der Waals surface area contributed by atoms with Gasteiger partial charge in [0.2, 0.25) is 5.58 Å². The Kier molecular flexibility index (Phi) is 4.34. The molecular formula is C19H20FN3O3. The van der Waals surface area contributed by atoms with Crippen LogP contribution in [-0.4, -0.2) is 40.5 Å². The smallest absolute Gasteiger partial charge is 0.205 e. The van der Waals surface area contributed by atoms with E-state index in [9.17, 15) is 5.11 Å². The van der Waals surface area contributed by atoms with Crippen molar-refractivity contribution >= 4 is 16.7 Å². The molecule has 1 aromatic carbocycles. The summed E-state index contributed by atoms with van der Waals surface area (Å²) in [5.74, 6) is -0.499. The topological polar surface area (TPSA) is 71.6 Å². The predicted octanol–water partition coefficient (Wildman–Crippen LogP) is 3.13. The van der Waals surface area contributed by atoms with Gasteiger partial charge in [0.1, 0.15) is 5.69 Å². The number of morpholine rings is 1. The summed E-state index contributed by atoms with van der Waals surface area (Å²) in [5, 5.41) is 14.5. The van der Waals surface area contributed by atoms with E-state index in [0.717, 1.165) is 5.56 Å². The number of anilines is 1. The van der Waals surface area contributed by atoms with Crippen LogP contribution in [0.1, 0.15) is 19.4 Å². The minimum atomic E-state index is -0.499. The number of aromatic nitrogens is 2. The van der Waals surface area contributed by atoms with Crippen molar-refractivity contribution in [2.24, 2.45) is 0 Å². The van der Waals surface area contributed by atoms with Crippen molar-refractivity contribution in [1.29, 1.82) is 0 Å². The van der Waals surface area contributed by atoms with Crippen molar-refractivity contribution in [2.45, 2.75) is 32.7 Å². The van der Waals surface area contributed by atoms with Gasteiger partial charge in [-0.15, -0.1) is 0 Å². The second-order valence-corrected chi connectivity index (χ2v) is 6.66. The molecule has 26 heavy (non-hydrogen) atoms. The van der Waals surface area contributed by atoms with Gasteiger partial charge in [-0.2, -0.15) is 0 Å². The molecule has 6 nitrogen and oxygen atoms in total. The van der Waals surface area contributed by atoms with E-state index < -0.39 is 5.82 Å². The highest BCUT2D eigenvalue weighted by molar-refractivity contribution is 5.94. The molecule has 0 spiro atoms.